The molecular formula is C10H17N. The van der Waals surface area contributed by atoms with Gasteiger partial charge in [0.05, 0.1) is 0 Å². The summed E-state index contributed by atoms with van der Waals surface area (Å²) in [5.74, 6) is 0. The number of fused-ring (bicyclic) bond motifs is 1. The lowest BCUT2D eigenvalue weighted by Gasteiger charge is -2.36. The van der Waals surface area contributed by atoms with E-state index in [1.165, 1.54) is 37.8 Å². The molecule has 2 fully saturated rings. The summed E-state index contributed by atoms with van der Waals surface area (Å²) >= 11 is 0. The van der Waals surface area contributed by atoms with Gasteiger partial charge in [-0.3, -0.25) is 4.90 Å². The van der Waals surface area contributed by atoms with Crippen LogP contribution in [0.3, 0.4) is 0 Å². The Bertz CT molecular complexity index is 174. The minimum atomic E-state index is 0.767. The van der Waals surface area contributed by atoms with E-state index in [4.69, 9.17) is 0 Å². The van der Waals surface area contributed by atoms with Gasteiger partial charge >= 0.3 is 0 Å². The molecule has 0 radical (unpaired) electrons. The molecule has 1 heteroatoms. The topological polar surface area (TPSA) is 3.24 Å². The first-order valence-electron chi connectivity index (χ1n) is 4.70. The Morgan fingerprint density at radius 1 is 1.45 bits per heavy atom. The molecule has 0 aromatic heterocycles. The quantitative estimate of drug-likeness (QED) is 0.480. The van der Waals surface area contributed by atoms with Crippen LogP contribution in [0, 0.1) is 0 Å². The molecule has 2 rings (SSSR count). The second kappa shape index (κ2) is 2.63. The molecule has 0 amide bonds. The lowest BCUT2D eigenvalue weighted by Crippen LogP contribution is -2.41. The Hall–Kier alpha value is -0.300. The van der Waals surface area contributed by atoms with Gasteiger partial charge in [-0.25, -0.2) is 0 Å². The van der Waals surface area contributed by atoms with Crippen LogP contribution < -0.4 is 0 Å². The number of rotatable bonds is 0. The summed E-state index contributed by atoms with van der Waals surface area (Å²) in [6, 6.07) is 1.62. The van der Waals surface area contributed by atoms with Gasteiger partial charge in [0.25, 0.3) is 0 Å². The molecule has 0 aromatic carbocycles. The van der Waals surface area contributed by atoms with E-state index in [0.717, 1.165) is 12.1 Å². The van der Waals surface area contributed by atoms with Crippen molar-refractivity contribution >= 4 is 0 Å². The van der Waals surface area contributed by atoms with Crippen LogP contribution in [0.15, 0.2) is 12.2 Å². The second-order valence-corrected chi connectivity index (χ2v) is 4.04. The molecule has 1 nitrogen and oxygen atoms in total. The third-order valence-corrected chi connectivity index (χ3v) is 3.10. The van der Waals surface area contributed by atoms with E-state index in [1.54, 1.807) is 0 Å². The van der Waals surface area contributed by atoms with Crippen molar-refractivity contribution in [2.45, 2.75) is 44.7 Å². The molecule has 0 spiro atoms. The van der Waals surface area contributed by atoms with Gasteiger partial charge in [-0.15, -0.1) is 0 Å². The Balaban J connectivity index is 2.10. The minimum absolute atomic E-state index is 0.767. The zero-order chi connectivity index (χ0) is 7.84. The molecular weight excluding hydrogens is 134 g/mol. The van der Waals surface area contributed by atoms with Gasteiger partial charge in [-0.1, -0.05) is 12.2 Å². The number of nitrogens with zero attached hydrogens (tertiary/aromatic N) is 1. The SMILES string of the molecule is C=C1C[C@@H]2CCCN2[C@@H](C)C1. The Morgan fingerprint density at radius 2 is 2.27 bits per heavy atom. The molecule has 2 saturated heterocycles. The number of piperidine rings is 1. The molecule has 0 aromatic rings. The van der Waals surface area contributed by atoms with E-state index in [-0.39, 0.29) is 0 Å². The van der Waals surface area contributed by atoms with E-state index >= 15 is 0 Å². The summed E-state index contributed by atoms with van der Waals surface area (Å²) in [6.07, 6.45) is 5.31. The molecule has 2 atom stereocenters. The predicted octanol–water partition coefficient (Wildman–Crippen LogP) is 2.19. The molecule has 2 heterocycles. The van der Waals surface area contributed by atoms with Crippen LogP contribution in [0.2, 0.25) is 0 Å². The summed E-state index contributed by atoms with van der Waals surface area (Å²) in [5, 5.41) is 0. The fraction of sp³-hybridized carbons (Fsp3) is 0.800. The number of hydrogen-bond donors (Lipinski definition) is 0. The largest absolute Gasteiger partial charge is 0.297 e. The first-order chi connectivity index (χ1) is 5.27. The van der Waals surface area contributed by atoms with Crippen LogP contribution in [0.1, 0.15) is 32.6 Å². The van der Waals surface area contributed by atoms with Crippen molar-refractivity contribution < 1.29 is 0 Å². The van der Waals surface area contributed by atoms with E-state index in [2.05, 4.69) is 18.4 Å². The average Bonchev–Trinajstić information content (AvgIpc) is 2.34. The fourth-order valence-electron chi connectivity index (χ4n) is 2.61. The maximum Gasteiger partial charge on any atom is 0.0136 e. The van der Waals surface area contributed by atoms with Crippen LogP contribution in [-0.4, -0.2) is 23.5 Å². The molecule has 2 aliphatic rings. The maximum absolute atomic E-state index is 4.10. The van der Waals surface area contributed by atoms with Gasteiger partial charge in [0.2, 0.25) is 0 Å². The minimum Gasteiger partial charge on any atom is -0.297 e. The van der Waals surface area contributed by atoms with Gasteiger partial charge in [-0.2, -0.15) is 0 Å². The zero-order valence-electron chi connectivity index (χ0n) is 7.34. The van der Waals surface area contributed by atoms with Crippen LogP contribution in [0.4, 0.5) is 0 Å². The predicted molar refractivity (Wildman–Crippen MR) is 47.6 cm³/mol. The van der Waals surface area contributed by atoms with Gasteiger partial charge in [0.15, 0.2) is 0 Å². The first-order valence-corrected chi connectivity index (χ1v) is 4.70. The summed E-state index contributed by atoms with van der Waals surface area (Å²) < 4.78 is 0. The summed E-state index contributed by atoms with van der Waals surface area (Å²) in [7, 11) is 0. The van der Waals surface area contributed by atoms with Crippen molar-refractivity contribution in [1.82, 2.24) is 4.90 Å². The highest BCUT2D eigenvalue weighted by molar-refractivity contribution is 5.07. The number of hydrogen-bond acceptors (Lipinski definition) is 1. The molecule has 0 aliphatic carbocycles. The summed E-state index contributed by atoms with van der Waals surface area (Å²) in [5.41, 5.74) is 1.47. The average molecular weight is 151 g/mol. The van der Waals surface area contributed by atoms with Crippen LogP contribution in [-0.2, 0) is 0 Å². The van der Waals surface area contributed by atoms with Crippen molar-refractivity contribution in [3.8, 4) is 0 Å². The van der Waals surface area contributed by atoms with Gasteiger partial charge in [-0.05, 0) is 39.2 Å². The smallest absolute Gasteiger partial charge is 0.0136 e. The third-order valence-electron chi connectivity index (χ3n) is 3.10. The monoisotopic (exact) mass is 151 g/mol. The van der Waals surface area contributed by atoms with E-state index < -0.39 is 0 Å². The molecule has 11 heavy (non-hydrogen) atoms. The first kappa shape index (κ1) is 7.35. The Morgan fingerprint density at radius 3 is 3.09 bits per heavy atom. The Labute approximate surface area is 69.1 Å². The van der Waals surface area contributed by atoms with Crippen LogP contribution in [0.5, 0.6) is 0 Å². The standard InChI is InChI=1S/C10H17N/c1-8-6-9(2)11-5-3-4-10(11)7-8/h9-10H,1,3-7H2,2H3/t9-,10-/m0/s1. The van der Waals surface area contributed by atoms with Crippen molar-refractivity contribution in [2.75, 3.05) is 6.54 Å². The van der Waals surface area contributed by atoms with Crippen molar-refractivity contribution in [1.29, 1.82) is 0 Å². The molecule has 2 aliphatic heterocycles. The van der Waals surface area contributed by atoms with Crippen molar-refractivity contribution in [3.05, 3.63) is 12.2 Å². The van der Waals surface area contributed by atoms with Gasteiger partial charge in [0.1, 0.15) is 0 Å². The highest BCUT2D eigenvalue weighted by atomic mass is 15.2. The lowest BCUT2D eigenvalue weighted by molar-refractivity contribution is 0.163. The van der Waals surface area contributed by atoms with Gasteiger partial charge < -0.3 is 0 Å². The summed E-state index contributed by atoms with van der Waals surface area (Å²) in [6.45, 7) is 7.77. The lowest BCUT2D eigenvalue weighted by atomic mass is 9.94. The van der Waals surface area contributed by atoms with E-state index in [1.807, 2.05) is 0 Å². The zero-order valence-corrected chi connectivity index (χ0v) is 7.34. The molecule has 62 valence electrons. The molecule has 0 bridgehead atoms. The highest BCUT2D eigenvalue weighted by Gasteiger charge is 2.32. The molecule has 0 saturated carbocycles. The van der Waals surface area contributed by atoms with Crippen molar-refractivity contribution in [2.24, 2.45) is 0 Å². The van der Waals surface area contributed by atoms with Crippen LogP contribution in [0.25, 0.3) is 0 Å². The highest BCUT2D eigenvalue weighted by Crippen LogP contribution is 2.32. The van der Waals surface area contributed by atoms with Gasteiger partial charge in [0, 0.05) is 12.1 Å². The van der Waals surface area contributed by atoms with E-state index in [0.29, 0.717) is 0 Å². The normalized spacial score (nSPS) is 39.2. The Kier molecular flexibility index (Phi) is 1.76. The summed E-state index contributed by atoms with van der Waals surface area (Å²) in [4.78, 5) is 2.66. The maximum atomic E-state index is 4.10. The van der Waals surface area contributed by atoms with E-state index in [9.17, 15) is 0 Å². The fourth-order valence-corrected chi connectivity index (χ4v) is 2.61. The molecule has 0 unspecified atom stereocenters. The second-order valence-electron chi connectivity index (χ2n) is 4.04. The molecule has 0 N–H and O–H groups in total. The van der Waals surface area contributed by atoms with Crippen molar-refractivity contribution in [3.63, 3.8) is 0 Å². The van der Waals surface area contributed by atoms with Crippen LogP contribution >= 0.6 is 0 Å². The third kappa shape index (κ3) is 1.22.